The van der Waals surface area contributed by atoms with Gasteiger partial charge in [-0.25, -0.2) is 0 Å². The Bertz CT molecular complexity index is 533. The van der Waals surface area contributed by atoms with Gasteiger partial charge in [-0.15, -0.1) is 0 Å². The number of nitrogens with one attached hydrogen (secondary N) is 2. The fourth-order valence-corrected chi connectivity index (χ4v) is 3.42. The number of carbonyl (C=O) groups excluding carboxylic acids is 1. The molecule has 0 aromatic heterocycles. The van der Waals surface area contributed by atoms with Gasteiger partial charge in [-0.1, -0.05) is 24.6 Å². The fourth-order valence-electron chi connectivity index (χ4n) is 3.42. The van der Waals surface area contributed by atoms with Crippen molar-refractivity contribution in [3.63, 3.8) is 0 Å². The quantitative estimate of drug-likeness (QED) is 0.787. The lowest BCUT2D eigenvalue weighted by atomic mass is 9.96. The first-order valence-electron chi connectivity index (χ1n) is 7.50. The minimum atomic E-state index is -0.738. The molecule has 3 rings (SSSR count). The van der Waals surface area contributed by atoms with Gasteiger partial charge in [0.25, 0.3) is 0 Å². The Labute approximate surface area is 123 Å². The maximum atomic E-state index is 12.2. The van der Waals surface area contributed by atoms with Crippen LogP contribution in [0, 0.1) is 11.8 Å². The SMILES string of the molecule is O=C(NCC1CCCC1C(=O)O)C1Cc2ccccc2N1. The van der Waals surface area contributed by atoms with Gasteiger partial charge in [0.15, 0.2) is 0 Å². The molecule has 21 heavy (non-hydrogen) atoms. The van der Waals surface area contributed by atoms with Crippen molar-refractivity contribution in [3.8, 4) is 0 Å². The molecule has 0 bridgehead atoms. The van der Waals surface area contributed by atoms with E-state index in [0.29, 0.717) is 13.0 Å². The predicted octanol–water partition coefficient (Wildman–Crippen LogP) is 1.64. The van der Waals surface area contributed by atoms with Crippen molar-refractivity contribution in [3.05, 3.63) is 29.8 Å². The van der Waals surface area contributed by atoms with Crippen LogP contribution < -0.4 is 10.6 Å². The molecule has 2 aliphatic rings. The van der Waals surface area contributed by atoms with Crippen LogP contribution in [0.5, 0.6) is 0 Å². The molecule has 5 nitrogen and oxygen atoms in total. The van der Waals surface area contributed by atoms with E-state index in [-0.39, 0.29) is 23.8 Å². The Kier molecular flexibility index (Phi) is 3.82. The zero-order valence-electron chi connectivity index (χ0n) is 11.8. The first-order valence-corrected chi connectivity index (χ1v) is 7.50. The van der Waals surface area contributed by atoms with E-state index >= 15 is 0 Å². The van der Waals surface area contributed by atoms with Crippen LogP contribution in [0.3, 0.4) is 0 Å². The molecule has 3 unspecified atom stereocenters. The van der Waals surface area contributed by atoms with Crippen molar-refractivity contribution >= 4 is 17.6 Å². The van der Waals surface area contributed by atoms with Gasteiger partial charge >= 0.3 is 5.97 Å². The van der Waals surface area contributed by atoms with E-state index in [1.54, 1.807) is 0 Å². The Hall–Kier alpha value is -2.04. The van der Waals surface area contributed by atoms with Gasteiger partial charge in [0.05, 0.1) is 5.92 Å². The molecule has 0 spiro atoms. The zero-order chi connectivity index (χ0) is 14.8. The first-order chi connectivity index (χ1) is 10.1. The third-order valence-corrected chi connectivity index (χ3v) is 4.60. The predicted molar refractivity (Wildman–Crippen MR) is 79.0 cm³/mol. The molecule has 112 valence electrons. The number of benzene rings is 1. The average molecular weight is 288 g/mol. The Balaban J connectivity index is 1.53. The van der Waals surface area contributed by atoms with Crippen LogP contribution in [-0.2, 0) is 16.0 Å². The third-order valence-electron chi connectivity index (χ3n) is 4.60. The van der Waals surface area contributed by atoms with Gasteiger partial charge in [0.1, 0.15) is 6.04 Å². The normalized spacial score (nSPS) is 27.0. The highest BCUT2D eigenvalue weighted by atomic mass is 16.4. The van der Waals surface area contributed by atoms with E-state index in [9.17, 15) is 9.59 Å². The zero-order valence-corrected chi connectivity index (χ0v) is 11.8. The lowest BCUT2D eigenvalue weighted by molar-refractivity contribution is -0.143. The summed E-state index contributed by atoms with van der Waals surface area (Å²) in [5, 5.41) is 15.3. The lowest BCUT2D eigenvalue weighted by Gasteiger charge is -2.18. The minimum Gasteiger partial charge on any atom is -0.481 e. The summed E-state index contributed by atoms with van der Waals surface area (Å²) < 4.78 is 0. The lowest BCUT2D eigenvalue weighted by Crippen LogP contribution is -2.41. The number of hydrogen-bond donors (Lipinski definition) is 3. The van der Waals surface area contributed by atoms with Crippen LogP contribution in [-0.4, -0.2) is 29.6 Å². The van der Waals surface area contributed by atoms with Gasteiger partial charge in [0.2, 0.25) is 5.91 Å². The molecule has 0 saturated heterocycles. The van der Waals surface area contributed by atoms with E-state index < -0.39 is 5.97 Å². The van der Waals surface area contributed by atoms with Crippen molar-refractivity contribution in [2.75, 3.05) is 11.9 Å². The topological polar surface area (TPSA) is 78.4 Å². The van der Waals surface area contributed by atoms with Crippen LogP contribution in [0.15, 0.2) is 24.3 Å². The maximum Gasteiger partial charge on any atom is 0.306 e. The van der Waals surface area contributed by atoms with Gasteiger partial charge in [-0.2, -0.15) is 0 Å². The van der Waals surface area contributed by atoms with Crippen molar-refractivity contribution in [1.29, 1.82) is 0 Å². The highest BCUT2D eigenvalue weighted by molar-refractivity contribution is 5.87. The van der Waals surface area contributed by atoms with Crippen LogP contribution in [0.2, 0.25) is 0 Å². The summed E-state index contributed by atoms with van der Waals surface area (Å²) in [7, 11) is 0. The molecule has 1 saturated carbocycles. The van der Waals surface area contributed by atoms with Crippen LogP contribution in [0.25, 0.3) is 0 Å². The summed E-state index contributed by atoms with van der Waals surface area (Å²) in [6.45, 7) is 0.463. The molecule has 1 aliphatic carbocycles. The number of carboxylic acids is 1. The molecule has 0 radical (unpaired) electrons. The number of rotatable bonds is 4. The molecule has 1 aromatic rings. The summed E-state index contributed by atoms with van der Waals surface area (Å²) in [5.74, 6) is -1.02. The van der Waals surface area contributed by atoms with Crippen LogP contribution in [0.4, 0.5) is 5.69 Å². The molecule has 3 atom stereocenters. The second kappa shape index (κ2) is 5.76. The van der Waals surface area contributed by atoms with E-state index in [1.807, 2.05) is 24.3 Å². The summed E-state index contributed by atoms with van der Waals surface area (Å²) in [6.07, 6.45) is 3.23. The molecular formula is C16H20N2O3. The van der Waals surface area contributed by atoms with Gasteiger partial charge in [-0.3, -0.25) is 9.59 Å². The Morgan fingerprint density at radius 1 is 1.29 bits per heavy atom. The summed E-state index contributed by atoms with van der Waals surface area (Å²) in [4.78, 5) is 23.4. The molecule has 1 aromatic carbocycles. The van der Waals surface area contributed by atoms with Gasteiger partial charge in [0, 0.05) is 18.7 Å². The third kappa shape index (κ3) is 2.86. The van der Waals surface area contributed by atoms with Crippen molar-refractivity contribution in [1.82, 2.24) is 5.32 Å². The standard InChI is InChI=1S/C16H20N2O3/c19-15(14-8-10-4-1-2-7-13(10)18-14)17-9-11-5-3-6-12(11)16(20)21/h1-2,4,7,11-12,14,18H,3,5-6,8-9H2,(H,17,19)(H,20,21). The number of fused-ring (bicyclic) bond motifs is 1. The number of carbonyl (C=O) groups is 2. The van der Waals surface area contributed by atoms with Gasteiger partial charge in [-0.05, 0) is 30.4 Å². The first kappa shape index (κ1) is 13.9. The van der Waals surface area contributed by atoms with Crippen LogP contribution >= 0.6 is 0 Å². The Morgan fingerprint density at radius 2 is 2.10 bits per heavy atom. The number of anilines is 1. The second-order valence-corrected chi connectivity index (χ2v) is 5.94. The highest BCUT2D eigenvalue weighted by Crippen LogP contribution is 2.31. The van der Waals surface area contributed by atoms with E-state index in [4.69, 9.17) is 5.11 Å². The molecule has 1 fully saturated rings. The number of amides is 1. The highest BCUT2D eigenvalue weighted by Gasteiger charge is 2.34. The molecule has 1 amide bonds. The molecule has 3 N–H and O–H groups in total. The van der Waals surface area contributed by atoms with Crippen molar-refractivity contribution in [2.24, 2.45) is 11.8 Å². The average Bonchev–Trinajstić information content (AvgIpc) is 3.10. The largest absolute Gasteiger partial charge is 0.481 e. The molecule has 1 aliphatic heterocycles. The Morgan fingerprint density at radius 3 is 2.86 bits per heavy atom. The summed E-state index contributed by atoms with van der Waals surface area (Å²) >= 11 is 0. The van der Waals surface area contributed by atoms with Gasteiger partial charge < -0.3 is 15.7 Å². The second-order valence-electron chi connectivity index (χ2n) is 5.94. The van der Waals surface area contributed by atoms with Crippen molar-refractivity contribution in [2.45, 2.75) is 31.7 Å². The number of hydrogen-bond acceptors (Lipinski definition) is 3. The fraction of sp³-hybridized carbons (Fsp3) is 0.500. The smallest absolute Gasteiger partial charge is 0.306 e. The maximum absolute atomic E-state index is 12.2. The van der Waals surface area contributed by atoms with E-state index in [0.717, 1.165) is 30.5 Å². The summed E-state index contributed by atoms with van der Waals surface area (Å²) in [6, 6.07) is 7.67. The van der Waals surface area contributed by atoms with Crippen molar-refractivity contribution < 1.29 is 14.7 Å². The number of para-hydroxylation sites is 1. The molecule has 1 heterocycles. The van der Waals surface area contributed by atoms with Crippen LogP contribution in [0.1, 0.15) is 24.8 Å². The number of aliphatic carboxylic acids is 1. The monoisotopic (exact) mass is 288 g/mol. The number of carboxylic acid groups (broad SMARTS) is 1. The summed E-state index contributed by atoms with van der Waals surface area (Å²) in [5.41, 5.74) is 2.17. The van der Waals surface area contributed by atoms with E-state index in [1.165, 1.54) is 0 Å². The molecule has 5 heteroatoms. The van der Waals surface area contributed by atoms with E-state index in [2.05, 4.69) is 10.6 Å². The minimum absolute atomic E-state index is 0.0396. The molecular weight excluding hydrogens is 268 g/mol.